The van der Waals surface area contributed by atoms with E-state index < -0.39 is 0 Å². The number of anilines is 1. The van der Waals surface area contributed by atoms with Crippen molar-refractivity contribution in [2.24, 2.45) is 5.92 Å². The van der Waals surface area contributed by atoms with E-state index in [2.05, 4.69) is 26.3 Å². The molecule has 1 N–H and O–H groups in total. The highest BCUT2D eigenvalue weighted by Crippen LogP contribution is 2.39. The SMILES string of the molecule is O=C(NCCC1=CCCCC1)[C@@H]1CCCN(c2ncnc3c2sc2cccc(F)c23)C1. The molecule has 1 aromatic carbocycles. The van der Waals surface area contributed by atoms with E-state index in [1.165, 1.54) is 55.0 Å². The minimum atomic E-state index is -0.252. The summed E-state index contributed by atoms with van der Waals surface area (Å²) >= 11 is 1.52. The van der Waals surface area contributed by atoms with Gasteiger partial charge in [0.05, 0.1) is 21.5 Å². The largest absolute Gasteiger partial charge is 0.355 e. The van der Waals surface area contributed by atoms with Gasteiger partial charge in [-0.15, -0.1) is 11.3 Å². The molecule has 7 heteroatoms. The molecule has 5 rings (SSSR count). The highest BCUT2D eigenvalue weighted by molar-refractivity contribution is 7.26. The Hall–Kier alpha value is -2.54. The van der Waals surface area contributed by atoms with Crippen molar-refractivity contribution >= 4 is 43.4 Å². The Morgan fingerprint density at radius 2 is 2.19 bits per heavy atom. The standard InChI is InChI=1S/C24H27FN4OS/c25-18-9-4-10-19-20(18)21-22(31-19)23(28-15-27-21)29-13-5-8-17(14-29)24(30)26-12-11-16-6-2-1-3-7-16/h4,6,9-10,15,17H,1-3,5,7-8,11-14H2,(H,26,30)/t17-/m1/s1. The second-order valence-corrected chi connectivity index (χ2v) is 9.58. The minimum Gasteiger partial charge on any atom is -0.355 e. The number of benzene rings is 1. The van der Waals surface area contributed by atoms with E-state index in [1.807, 2.05) is 6.07 Å². The summed E-state index contributed by atoms with van der Waals surface area (Å²) in [5.74, 6) is 0.645. The maximum atomic E-state index is 14.4. The van der Waals surface area contributed by atoms with Crippen LogP contribution in [0.1, 0.15) is 44.9 Å². The van der Waals surface area contributed by atoms with E-state index in [0.29, 0.717) is 24.0 Å². The lowest BCUT2D eigenvalue weighted by Crippen LogP contribution is -2.43. The first-order chi connectivity index (χ1) is 15.2. The topological polar surface area (TPSA) is 58.1 Å². The van der Waals surface area contributed by atoms with Crippen LogP contribution in [0.25, 0.3) is 20.3 Å². The molecule has 3 heterocycles. The number of allylic oxidation sites excluding steroid dienone is 1. The average Bonchev–Trinajstić information content (AvgIpc) is 3.20. The fourth-order valence-corrected chi connectivity index (χ4v) is 5.98. The van der Waals surface area contributed by atoms with E-state index in [-0.39, 0.29) is 17.6 Å². The highest BCUT2D eigenvalue weighted by atomic mass is 32.1. The van der Waals surface area contributed by atoms with Gasteiger partial charge in [0.15, 0.2) is 0 Å². The van der Waals surface area contributed by atoms with Crippen LogP contribution in [0.4, 0.5) is 10.2 Å². The Bertz CT molecular complexity index is 1140. The van der Waals surface area contributed by atoms with Crippen molar-refractivity contribution in [1.82, 2.24) is 15.3 Å². The van der Waals surface area contributed by atoms with Gasteiger partial charge in [0, 0.05) is 24.3 Å². The Kier molecular flexibility index (Phi) is 5.85. The van der Waals surface area contributed by atoms with Crippen molar-refractivity contribution in [2.45, 2.75) is 44.9 Å². The molecule has 2 aromatic heterocycles. The Labute approximate surface area is 185 Å². The zero-order chi connectivity index (χ0) is 21.2. The van der Waals surface area contributed by atoms with Gasteiger partial charge in [0.2, 0.25) is 5.91 Å². The highest BCUT2D eigenvalue weighted by Gasteiger charge is 2.28. The van der Waals surface area contributed by atoms with Crippen LogP contribution < -0.4 is 10.2 Å². The molecule has 162 valence electrons. The molecule has 1 saturated heterocycles. The number of thiophene rings is 1. The lowest BCUT2D eigenvalue weighted by molar-refractivity contribution is -0.125. The fraction of sp³-hybridized carbons (Fsp3) is 0.458. The maximum Gasteiger partial charge on any atom is 0.224 e. The molecule has 1 amide bonds. The van der Waals surface area contributed by atoms with Gasteiger partial charge in [-0.3, -0.25) is 4.79 Å². The first-order valence-electron chi connectivity index (χ1n) is 11.2. The third kappa shape index (κ3) is 4.15. The number of carbonyl (C=O) groups is 1. The van der Waals surface area contributed by atoms with Gasteiger partial charge in [-0.2, -0.15) is 0 Å². The third-order valence-electron chi connectivity index (χ3n) is 6.43. The number of aromatic nitrogens is 2. The maximum absolute atomic E-state index is 14.4. The van der Waals surface area contributed by atoms with E-state index in [4.69, 9.17) is 0 Å². The molecule has 2 aliphatic rings. The number of carbonyl (C=O) groups excluding carboxylic acids is 1. The Balaban J connectivity index is 1.30. The molecule has 0 unspecified atom stereocenters. The number of piperidine rings is 1. The molecular weight excluding hydrogens is 411 g/mol. The van der Waals surface area contributed by atoms with Crippen LogP contribution in [0.2, 0.25) is 0 Å². The van der Waals surface area contributed by atoms with Gasteiger partial charge in [-0.05, 0) is 57.1 Å². The molecule has 5 nitrogen and oxygen atoms in total. The van der Waals surface area contributed by atoms with Crippen LogP contribution in [-0.4, -0.2) is 35.5 Å². The summed E-state index contributed by atoms with van der Waals surface area (Å²) in [6.45, 7) is 2.20. The molecule has 1 aliphatic heterocycles. The number of fused-ring (bicyclic) bond motifs is 3. The molecule has 0 bridgehead atoms. The van der Waals surface area contributed by atoms with Gasteiger partial charge >= 0.3 is 0 Å². The summed E-state index contributed by atoms with van der Waals surface area (Å²) in [6.07, 6.45) is 11.5. The summed E-state index contributed by atoms with van der Waals surface area (Å²) in [7, 11) is 0. The number of nitrogens with one attached hydrogen (secondary N) is 1. The quantitative estimate of drug-likeness (QED) is 0.556. The summed E-state index contributed by atoms with van der Waals surface area (Å²) < 4.78 is 16.2. The molecule has 31 heavy (non-hydrogen) atoms. The van der Waals surface area contributed by atoms with Gasteiger partial charge in [-0.1, -0.05) is 17.7 Å². The molecule has 1 atom stereocenters. The zero-order valence-corrected chi connectivity index (χ0v) is 18.4. The predicted molar refractivity (Wildman–Crippen MR) is 124 cm³/mol. The first-order valence-corrected chi connectivity index (χ1v) is 12.0. The molecule has 3 aromatic rings. The number of amides is 1. The number of nitrogens with zero attached hydrogens (tertiary/aromatic N) is 3. The van der Waals surface area contributed by atoms with Gasteiger partial charge < -0.3 is 10.2 Å². The van der Waals surface area contributed by atoms with Gasteiger partial charge in [0.1, 0.15) is 18.0 Å². The van der Waals surface area contributed by atoms with Crippen LogP contribution >= 0.6 is 11.3 Å². The molecule has 0 saturated carbocycles. The number of hydrogen-bond donors (Lipinski definition) is 1. The summed E-state index contributed by atoms with van der Waals surface area (Å²) in [6, 6.07) is 5.12. The van der Waals surface area contributed by atoms with Crippen molar-refractivity contribution in [2.75, 3.05) is 24.5 Å². The second-order valence-electron chi connectivity index (χ2n) is 8.52. The Morgan fingerprint density at radius 3 is 3.06 bits per heavy atom. The summed E-state index contributed by atoms with van der Waals surface area (Å²) in [5.41, 5.74) is 2.15. The first kappa shape index (κ1) is 20.4. The lowest BCUT2D eigenvalue weighted by atomic mass is 9.96. The van der Waals surface area contributed by atoms with Crippen molar-refractivity contribution in [3.8, 4) is 0 Å². The average molecular weight is 439 g/mol. The monoisotopic (exact) mass is 438 g/mol. The smallest absolute Gasteiger partial charge is 0.224 e. The van der Waals surface area contributed by atoms with Crippen LogP contribution in [0.3, 0.4) is 0 Å². The van der Waals surface area contributed by atoms with Crippen molar-refractivity contribution in [1.29, 1.82) is 0 Å². The zero-order valence-electron chi connectivity index (χ0n) is 17.6. The summed E-state index contributed by atoms with van der Waals surface area (Å²) in [5, 5.41) is 3.72. The molecule has 1 fully saturated rings. The van der Waals surface area contributed by atoms with Crippen molar-refractivity contribution < 1.29 is 9.18 Å². The van der Waals surface area contributed by atoms with E-state index in [9.17, 15) is 9.18 Å². The van der Waals surface area contributed by atoms with Gasteiger partial charge in [0.25, 0.3) is 0 Å². The van der Waals surface area contributed by atoms with E-state index >= 15 is 0 Å². The molecule has 0 spiro atoms. The molecule has 1 aliphatic carbocycles. The molecular formula is C24H27FN4OS. The third-order valence-corrected chi connectivity index (χ3v) is 7.57. The Morgan fingerprint density at radius 1 is 1.26 bits per heavy atom. The van der Waals surface area contributed by atoms with Crippen LogP contribution in [0.15, 0.2) is 36.2 Å². The van der Waals surface area contributed by atoms with Crippen LogP contribution in [0, 0.1) is 11.7 Å². The van der Waals surface area contributed by atoms with Crippen molar-refractivity contribution in [3.05, 3.63) is 42.0 Å². The van der Waals surface area contributed by atoms with E-state index in [0.717, 1.165) is 41.0 Å². The lowest BCUT2D eigenvalue weighted by Gasteiger charge is -2.33. The number of halogens is 1. The fourth-order valence-electron chi connectivity index (χ4n) is 4.80. The van der Waals surface area contributed by atoms with Crippen LogP contribution in [0.5, 0.6) is 0 Å². The minimum absolute atomic E-state index is 0.0507. The normalized spacial score (nSPS) is 19.6. The van der Waals surface area contributed by atoms with Gasteiger partial charge in [-0.25, -0.2) is 14.4 Å². The van der Waals surface area contributed by atoms with Crippen molar-refractivity contribution in [3.63, 3.8) is 0 Å². The van der Waals surface area contributed by atoms with Crippen LogP contribution in [-0.2, 0) is 4.79 Å². The second kappa shape index (κ2) is 8.91. The number of rotatable bonds is 5. The van der Waals surface area contributed by atoms with E-state index in [1.54, 1.807) is 6.07 Å². The predicted octanol–water partition coefficient (Wildman–Crippen LogP) is 5.21. The molecule has 0 radical (unpaired) electrons. The number of hydrogen-bond acceptors (Lipinski definition) is 5. The summed E-state index contributed by atoms with van der Waals surface area (Å²) in [4.78, 5) is 23.9.